The molecule has 1 saturated heterocycles. The van der Waals surface area contributed by atoms with Gasteiger partial charge in [0.2, 0.25) is 5.75 Å². The highest BCUT2D eigenvalue weighted by Gasteiger charge is 2.17. The van der Waals surface area contributed by atoms with E-state index >= 15 is 0 Å². The molecule has 4 nitrogen and oxygen atoms in total. The second-order valence-electron chi connectivity index (χ2n) is 3.89. The summed E-state index contributed by atoms with van der Waals surface area (Å²) in [5.41, 5.74) is 0. The Labute approximate surface area is 95.2 Å². The molecular weight excluding hydrogens is 206 g/mol. The van der Waals surface area contributed by atoms with Gasteiger partial charge in [0.25, 0.3) is 0 Å². The number of phenols is 1. The van der Waals surface area contributed by atoms with E-state index in [2.05, 4.69) is 5.32 Å². The van der Waals surface area contributed by atoms with E-state index in [0.717, 1.165) is 25.9 Å². The maximum Gasteiger partial charge on any atom is 0.200 e. The maximum absolute atomic E-state index is 9.85. The zero-order valence-electron chi connectivity index (χ0n) is 9.40. The third kappa shape index (κ3) is 2.39. The first-order valence-corrected chi connectivity index (χ1v) is 5.54. The lowest BCUT2D eigenvalue weighted by Gasteiger charge is -2.24. The molecule has 88 valence electrons. The zero-order chi connectivity index (χ0) is 11.4. The molecule has 1 unspecified atom stereocenters. The lowest BCUT2D eigenvalue weighted by atomic mass is 10.1. The number of rotatable bonds is 3. The first kappa shape index (κ1) is 11.1. The molecule has 1 atom stereocenters. The molecule has 0 saturated carbocycles. The van der Waals surface area contributed by atoms with Crippen molar-refractivity contribution in [3.63, 3.8) is 0 Å². The number of methoxy groups -OCH3 is 1. The molecule has 1 aromatic rings. The van der Waals surface area contributed by atoms with Crippen LogP contribution in [-0.2, 0) is 0 Å². The summed E-state index contributed by atoms with van der Waals surface area (Å²) in [6, 6.07) is 5.28. The van der Waals surface area contributed by atoms with Gasteiger partial charge in [-0.15, -0.1) is 0 Å². The van der Waals surface area contributed by atoms with Crippen LogP contribution in [0.5, 0.6) is 17.2 Å². The molecule has 0 bridgehead atoms. The molecule has 1 aromatic carbocycles. The van der Waals surface area contributed by atoms with E-state index in [-0.39, 0.29) is 11.9 Å². The molecule has 0 amide bonds. The minimum Gasteiger partial charge on any atom is -0.502 e. The molecule has 1 heterocycles. The summed E-state index contributed by atoms with van der Waals surface area (Å²) < 4.78 is 10.8. The van der Waals surface area contributed by atoms with E-state index in [1.54, 1.807) is 12.1 Å². The Morgan fingerprint density at radius 2 is 2.19 bits per heavy atom. The Bertz CT molecular complexity index is 348. The van der Waals surface area contributed by atoms with Crippen molar-refractivity contribution in [3.8, 4) is 17.2 Å². The van der Waals surface area contributed by atoms with Crippen LogP contribution in [-0.4, -0.2) is 31.4 Å². The van der Waals surface area contributed by atoms with Crippen molar-refractivity contribution < 1.29 is 14.6 Å². The first-order chi connectivity index (χ1) is 7.81. The molecule has 2 N–H and O–H groups in total. The summed E-state index contributed by atoms with van der Waals surface area (Å²) >= 11 is 0. The topological polar surface area (TPSA) is 50.7 Å². The number of ether oxygens (including phenoxy) is 2. The summed E-state index contributed by atoms with van der Waals surface area (Å²) in [5, 5.41) is 13.1. The summed E-state index contributed by atoms with van der Waals surface area (Å²) in [6.45, 7) is 1.88. The largest absolute Gasteiger partial charge is 0.502 e. The van der Waals surface area contributed by atoms with Crippen molar-refractivity contribution in [1.29, 1.82) is 0 Å². The van der Waals surface area contributed by atoms with Crippen LogP contribution in [0.3, 0.4) is 0 Å². The average Bonchev–Trinajstić information content (AvgIpc) is 2.33. The third-order valence-corrected chi connectivity index (χ3v) is 2.73. The predicted molar refractivity (Wildman–Crippen MR) is 61.2 cm³/mol. The van der Waals surface area contributed by atoms with Crippen molar-refractivity contribution in [2.75, 3.05) is 20.2 Å². The van der Waals surface area contributed by atoms with Crippen LogP contribution in [0.1, 0.15) is 12.8 Å². The quantitative estimate of drug-likeness (QED) is 0.816. The Morgan fingerprint density at radius 1 is 1.38 bits per heavy atom. The van der Waals surface area contributed by atoms with Crippen LogP contribution >= 0.6 is 0 Å². The fourth-order valence-corrected chi connectivity index (χ4v) is 1.86. The number of para-hydroxylation sites is 1. The Kier molecular flexibility index (Phi) is 3.51. The van der Waals surface area contributed by atoms with Gasteiger partial charge in [0.15, 0.2) is 11.5 Å². The molecule has 0 radical (unpaired) electrons. The molecule has 1 fully saturated rings. The SMILES string of the molecule is COc1cccc(OC2CCCNC2)c1O. The highest BCUT2D eigenvalue weighted by molar-refractivity contribution is 5.49. The summed E-state index contributed by atoms with van der Waals surface area (Å²) in [4.78, 5) is 0. The van der Waals surface area contributed by atoms with Gasteiger partial charge in [0.1, 0.15) is 6.10 Å². The second-order valence-corrected chi connectivity index (χ2v) is 3.89. The molecule has 0 spiro atoms. The van der Waals surface area contributed by atoms with Crippen molar-refractivity contribution in [2.45, 2.75) is 18.9 Å². The molecule has 0 aromatic heterocycles. The number of hydrogen-bond donors (Lipinski definition) is 2. The lowest BCUT2D eigenvalue weighted by molar-refractivity contribution is 0.160. The Balaban J connectivity index is 2.08. The third-order valence-electron chi connectivity index (χ3n) is 2.73. The van der Waals surface area contributed by atoms with Gasteiger partial charge in [-0.25, -0.2) is 0 Å². The molecule has 16 heavy (non-hydrogen) atoms. The summed E-state index contributed by atoms with van der Waals surface area (Å²) in [7, 11) is 1.53. The van der Waals surface area contributed by atoms with Gasteiger partial charge in [-0.3, -0.25) is 0 Å². The van der Waals surface area contributed by atoms with Crippen LogP contribution in [0, 0.1) is 0 Å². The van der Waals surface area contributed by atoms with Crippen LogP contribution < -0.4 is 14.8 Å². The van der Waals surface area contributed by atoms with E-state index < -0.39 is 0 Å². The minimum atomic E-state index is 0.0792. The lowest BCUT2D eigenvalue weighted by Crippen LogP contribution is -2.37. The summed E-state index contributed by atoms with van der Waals surface area (Å²) in [6.07, 6.45) is 2.26. The number of benzene rings is 1. The van der Waals surface area contributed by atoms with Gasteiger partial charge < -0.3 is 19.9 Å². The van der Waals surface area contributed by atoms with Crippen molar-refractivity contribution in [1.82, 2.24) is 5.32 Å². The van der Waals surface area contributed by atoms with Crippen molar-refractivity contribution in [2.24, 2.45) is 0 Å². The maximum atomic E-state index is 9.85. The van der Waals surface area contributed by atoms with Crippen LogP contribution in [0.2, 0.25) is 0 Å². The van der Waals surface area contributed by atoms with Crippen LogP contribution in [0.4, 0.5) is 0 Å². The van der Waals surface area contributed by atoms with Crippen LogP contribution in [0.15, 0.2) is 18.2 Å². The van der Waals surface area contributed by atoms with E-state index in [1.165, 1.54) is 7.11 Å². The molecular formula is C12H17NO3. The van der Waals surface area contributed by atoms with Gasteiger partial charge in [-0.05, 0) is 31.5 Å². The monoisotopic (exact) mass is 223 g/mol. The predicted octanol–water partition coefficient (Wildman–Crippen LogP) is 1.53. The number of phenolic OH excluding ortho intramolecular Hbond substituents is 1. The Hall–Kier alpha value is -1.42. The zero-order valence-corrected chi connectivity index (χ0v) is 9.40. The van der Waals surface area contributed by atoms with Crippen molar-refractivity contribution in [3.05, 3.63) is 18.2 Å². The van der Waals surface area contributed by atoms with Crippen LogP contribution in [0.25, 0.3) is 0 Å². The minimum absolute atomic E-state index is 0.0792. The van der Waals surface area contributed by atoms with Gasteiger partial charge in [0, 0.05) is 6.54 Å². The smallest absolute Gasteiger partial charge is 0.200 e. The molecule has 0 aliphatic carbocycles. The highest BCUT2D eigenvalue weighted by atomic mass is 16.5. The van der Waals surface area contributed by atoms with Gasteiger partial charge in [-0.2, -0.15) is 0 Å². The number of aromatic hydroxyl groups is 1. The normalized spacial score (nSPS) is 20.4. The van der Waals surface area contributed by atoms with E-state index in [9.17, 15) is 5.11 Å². The van der Waals surface area contributed by atoms with Gasteiger partial charge in [-0.1, -0.05) is 6.07 Å². The fourth-order valence-electron chi connectivity index (χ4n) is 1.86. The standard InChI is InChI=1S/C12H17NO3/c1-15-10-5-2-6-11(12(10)14)16-9-4-3-7-13-8-9/h2,5-6,9,13-14H,3-4,7-8H2,1H3. The molecule has 1 aliphatic rings. The van der Waals surface area contributed by atoms with E-state index in [4.69, 9.17) is 9.47 Å². The Morgan fingerprint density at radius 3 is 2.88 bits per heavy atom. The average molecular weight is 223 g/mol. The molecule has 2 rings (SSSR count). The molecule has 4 heteroatoms. The fraction of sp³-hybridized carbons (Fsp3) is 0.500. The highest BCUT2D eigenvalue weighted by Crippen LogP contribution is 2.36. The number of piperidine rings is 1. The number of hydrogen-bond acceptors (Lipinski definition) is 4. The van der Waals surface area contributed by atoms with E-state index in [1.807, 2.05) is 6.07 Å². The number of nitrogens with one attached hydrogen (secondary N) is 1. The van der Waals surface area contributed by atoms with Crippen molar-refractivity contribution >= 4 is 0 Å². The van der Waals surface area contributed by atoms with E-state index in [0.29, 0.717) is 11.5 Å². The summed E-state index contributed by atoms with van der Waals surface area (Å²) in [5.74, 6) is 1.02. The first-order valence-electron chi connectivity index (χ1n) is 5.54. The van der Waals surface area contributed by atoms with Gasteiger partial charge in [0.05, 0.1) is 7.11 Å². The van der Waals surface area contributed by atoms with Gasteiger partial charge >= 0.3 is 0 Å². The second kappa shape index (κ2) is 5.07. The molecule has 1 aliphatic heterocycles.